The second-order valence-corrected chi connectivity index (χ2v) is 4.27. The highest BCUT2D eigenvalue weighted by atomic mass is 16.2. The summed E-state index contributed by atoms with van der Waals surface area (Å²) >= 11 is 0. The minimum Gasteiger partial charge on any atom is -0.335 e. The van der Waals surface area contributed by atoms with Crippen LogP contribution in [0.4, 0.5) is 0 Å². The lowest BCUT2D eigenvalue weighted by Gasteiger charge is -2.19. The second kappa shape index (κ2) is 6.05. The number of hydrogen-bond donors (Lipinski definition) is 0. The van der Waals surface area contributed by atoms with Crippen LogP contribution in [-0.2, 0) is 0 Å². The summed E-state index contributed by atoms with van der Waals surface area (Å²) < 4.78 is 2.01. The molecule has 2 aromatic rings. The summed E-state index contributed by atoms with van der Waals surface area (Å²) in [5.74, 6) is 0.0430. The number of carbonyl (C=O) groups is 1. The third-order valence-electron chi connectivity index (χ3n) is 3.04. The summed E-state index contributed by atoms with van der Waals surface area (Å²) in [5, 5.41) is 0. The van der Waals surface area contributed by atoms with Gasteiger partial charge >= 0.3 is 0 Å². The highest BCUT2D eigenvalue weighted by molar-refractivity contribution is 5.94. The first kappa shape index (κ1) is 13.1. The Morgan fingerprint density at radius 1 is 1.26 bits per heavy atom. The molecule has 0 aliphatic rings. The van der Waals surface area contributed by atoms with Gasteiger partial charge in [0.15, 0.2) is 0 Å². The molecule has 0 fully saturated rings. The number of nitrogens with zero attached hydrogens (tertiary/aromatic N) is 2. The number of hydrogen-bond acceptors (Lipinski definition) is 1. The highest BCUT2D eigenvalue weighted by Gasteiger charge is 2.12. The first-order valence-corrected chi connectivity index (χ1v) is 6.40. The molecule has 1 aromatic heterocycles. The van der Waals surface area contributed by atoms with Crippen LogP contribution in [0.3, 0.4) is 0 Å². The molecule has 98 valence electrons. The van der Waals surface area contributed by atoms with Gasteiger partial charge < -0.3 is 9.47 Å². The first-order valence-electron chi connectivity index (χ1n) is 6.40. The van der Waals surface area contributed by atoms with Crippen molar-refractivity contribution in [2.75, 3.05) is 13.1 Å². The van der Waals surface area contributed by atoms with Gasteiger partial charge in [-0.25, -0.2) is 0 Å². The van der Waals surface area contributed by atoms with Crippen molar-refractivity contribution >= 4 is 5.91 Å². The van der Waals surface area contributed by atoms with E-state index < -0.39 is 0 Å². The van der Waals surface area contributed by atoms with Crippen molar-refractivity contribution in [3.05, 3.63) is 67.0 Å². The molecule has 19 heavy (non-hydrogen) atoms. The van der Waals surface area contributed by atoms with Crippen molar-refractivity contribution < 1.29 is 4.79 Å². The molecule has 1 heterocycles. The fourth-order valence-corrected chi connectivity index (χ4v) is 1.98. The molecule has 0 bridgehead atoms. The zero-order chi connectivity index (χ0) is 13.7. The number of rotatable bonds is 5. The number of aromatic nitrogens is 1. The molecule has 1 amide bonds. The van der Waals surface area contributed by atoms with Crippen molar-refractivity contribution in [3.63, 3.8) is 0 Å². The summed E-state index contributed by atoms with van der Waals surface area (Å²) in [7, 11) is 0. The topological polar surface area (TPSA) is 25.2 Å². The molecule has 0 aliphatic heterocycles. The summed E-state index contributed by atoms with van der Waals surface area (Å²) in [5.41, 5.74) is 1.76. The van der Waals surface area contributed by atoms with Gasteiger partial charge in [0.1, 0.15) is 0 Å². The van der Waals surface area contributed by atoms with E-state index in [0.29, 0.717) is 18.7 Å². The molecule has 0 atom stereocenters. The van der Waals surface area contributed by atoms with E-state index in [2.05, 4.69) is 6.58 Å². The van der Waals surface area contributed by atoms with Gasteiger partial charge in [-0.3, -0.25) is 4.79 Å². The van der Waals surface area contributed by atoms with Crippen molar-refractivity contribution in [1.82, 2.24) is 9.47 Å². The van der Waals surface area contributed by atoms with Gasteiger partial charge in [0.25, 0.3) is 5.91 Å². The molecule has 1 aromatic carbocycles. The zero-order valence-electron chi connectivity index (χ0n) is 11.1. The predicted octanol–water partition coefficient (Wildman–Crippen LogP) is 3.13. The third kappa shape index (κ3) is 2.94. The van der Waals surface area contributed by atoms with E-state index >= 15 is 0 Å². The minimum atomic E-state index is 0.0430. The SMILES string of the molecule is C=CCN(CC)C(=O)c1ccc(-n2cccc2)cc1. The number of amides is 1. The van der Waals surface area contributed by atoms with E-state index in [1.807, 2.05) is 60.3 Å². The quantitative estimate of drug-likeness (QED) is 0.753. The Morgan fingerprint density at radius 2 is 1.89 bits per heavy atom. The lowest BCUT2D eigenvalue weighted by molar-refractivity contribution is 0.0782. The Kier molecular flexibility index (Phi) is 4.18. The maximum absolute atomic E-state index is 12.2. The van der Waals surface area contributed by atoms with Gasteiger partial charge in [0.2, 0.25) is 0 Å². The zero-order valence-corrected chi connectivity index (χ0v) is 11.1. The summed E-state index contributed by atoms with van der Waals surface area (Å²) in [4.78, 5) is 14.0. The monoisotopic (exact) mass is 254 g/mol. The Labute approximate surface area is 113 Å². The van der Waals surface area contributed by atoms with Crippen LogP contribution in [0, 0.1) is 0 Å². The summed E-state index contributed by atoms with van der Waals surface area (Å²) in [6.07, 6.45) is 5.70. The molecular weight excluding hydrogens is 236 g/mol. The van der Waals surface area contributed by atoms with Gasteiger partial charge in [0, 0.05) is 36.7 Å². The predicted molar refractivity (Wildman–Crippen MR) is 77.5 cm³/mol. The van der Waals surface area contributed by atoms with Gasteiger partial charge in [-0.05, 0) is 43.3 Å². The Morgan fingerprint density at radius 3 is 2.42 bits per heavy atom. The van der Waals surface area contributed by atoms with Crippen LogP contribution >= 0.6 is 0 Å². The fraction of sp³-hybridized carbons (Fsp3) is 0.188. The van der Waals surface area contributed by atoms with Crippen LogP contribution < -0.4 is 0 Å². The van der Waals surface area contributed by atoms with Crippen LogP contribution in [0.1, 0.15) is 17.3 Å². The lowest BCUT2D eigenvalue weighted by atomic mass is 10.1. The van der Waals surface area contributed by atoms with Crippen LogP contribution in [0.2, 0.25) is 0 Å². The summed E-state index contributed by atoms with van der Waals surface area (Å²) in [6.45, 7) is 6.91. The molecule has 0 saturated heterocycles. The average Bonchev–Trinajstić information content (AvgIpc) is 2.98. The van der Waals surface area contributed by atoms with Gasteiger partial charge in [-0.2, -0.15) is 0 Å². The van der Waals surface area contributed by atoms with E-state index in [0.717, 1.165) is 5.69 Å². The van der Waals surface area contributed by atoms with Crippen LogP contribution in [-0.4, -0.2) is 28.5 Å². The van der Waals surface area contributed by atoms with E-state index in [-0.39, 0.29) is 5.91 Å². The molecule has 0 N–H and O–H groups in total. The standard InChI is InChI=1S/C16H18N2O/c1-3-11-17(4-2)16(19)14-7-9-15(10-8-14)18-12-5-6-13-18/h3,5-10,12-13H,1,4,11H2,2H3. The third-order valence-corrected chi connectivity index (χ3v) is 3.04. The van der Waals surface area contributed by atoms with E-state index in [1.165, 1.54) is 0 Å². The minimum absolute atomic E-state index is 0.0430. The van der Waals surface area contributed by atoms with Gasteiger partial charge in [0.05, 0.1) is 0 Å². The van der Waals surface area contributed by atoms with Gasteiger partial charge in [-0.15, -0.1) is 6.58 Å². The molecule has 2 rings (SSSR count). The Bertz CT molecular complexity index is 541. The molecule has 0 unspecified atom stereocenters. The lowest BCUT2D eigenvalue weighted by Crippen LogP contribution is -2.30. The van der Waals surface area contributed by atoms with E-state index in [9.17, 15) is 4.79 Å². The van der Waals surface area contributed by atoms with Crippen molar-refractivity contribution in [2.45, 2.75) is 6.92 Å². The fourth-order valence-electron chi connectivity index (χ4n) is 1.98. The molecule has 0 radical (unpaired) electrons. The normalized spacial score (nSPS) is 10.2. The maximum Gasteiger partial charge on any atom is 0.254 e. The number of likely N-dealkylation sites (N-methyl/N-ethyl adjacent to an activating group) is 1. The van der Waals surface area contributed by atoms with Crippen LogP contribution in [0.15, 0.2) is 61.4 Å². The average molecular weight is 254 g/mol. The van der Waals surface area contributed by atoms with Crippen molar-refractivity contribution in [3.8, 4) is 5.69 Å². The van der Waals surface area contributed by atoms with E-state index in [4.69, 9.17) is 0 Å². The molecular formula is C16H18N2O. The molecule has 0 aliphatic carbocycles. The van der Waals surface area contributed by atoms with Crippen LogP contribution in [0.25, 0.3) is 5.69 Å². The second-order valence-electron chi connectivity index (χ2n) is 4.27. The molecule has 3 nitrogen and oxygen atoms in total. The molecule has 3 heteroatoms. The van der Waals surface area contributed by atoms with E-state index in [1.54, 1.807) is 11.0 Å². The molecule has 0 saturated carbocycles. The summed E-state index contributed by atoms with van der Waals surface area (Å²) in [6, 6.07) is 11.6. The highest BCUT2D eigenvalue weighted by Crippen LogP contribution is 2.12. The smallest absolute Gasteiger partial charge is 0.254 e. The Hall–Kier alpha value is -2.29. The van der Waals surface area contributed by atoms with Crippen molar-refractivity contribution in [1.29, 1.82) is 0 Å². The van der Waals surface area contributed by atoms with Crippen molar-refractivity contribution in [2.24, 2.45) is 0 Å². The largest absolute Gasteiger partial charge is 0.335 e. The molecule has 0 spiro atoms. The van der Waals surface area contributed by atoms with Crippen LogP contribution in [0.5, 0.6) is 0 Å². The maximum atomic E-state index is 12.2. The Balaban J connectivity index is 2.18. The number of benzene rings is 1. The number of carbonyl (C=O) groups excluding carboxylic acids is 1. The van der Waals surface area contributed by atoms with Gasteiger partial charge in [-0.1, -0.05) is 6.08 Å². The first-order chi connectivity index (χ1) is 9.26.